The Kier molecular flexibility index (Phi) is 5.34. The molecule has 7 nitrogen and oxygen atoms in total. The summed E-state index contributed by atoms with van der Waals surface area (Å²) in [4.78, 5) is 22.9. The Morgan fingerprint density at radius 2 is 2.00 bits per heavy atom. The van der Waals surface area contributed by atoms with Gasteiger partial charge in [-0.2, -0.15) is 0 Å². The summed E-state index contributed by atoms with van der Waals surface area (Å²) < 4.78 is 21.5. The van der Waals surface area contributed by atoms with E-state index in [0.717, 1.165) is 5.39 Å². The maximum Gasteiger partial charge on any atom is 0.336 e. The van der Waals surface area contributed by atoms with Crippen LogP contribution in [0.2, 0.25) is 0 Å². The third kappa shape index (κ3) is 4.20. The predicted molar refractivity (Wildman–Crippen MR) is 97.7 cm³/mol. The Morgan fingerprint density at radius 3 is 2.67 bits per heavy atom. The van der Waals surface area contributed by atoms with E-state index in [4.69, 9.17) is 18.6 Å². The standard InChI is InChI=1S/C20H22O7/c1-12-8-15(26-19(12)23)10-20(2,24-3)17(21)11-25-14-6-4-13-5-7-18(22)27-16(13)9-14/h4-9,15,17,21H,10-11H2,1-3H3. The molecular weight excluding hydrogens is 352 g/mol. The summed E-state index contributed by atoms with van der Waals surface area (Å²) in [6, 6.07) is 8.10. The fraction of sp³-hybridized carbons (Fsp3) is 0.400. The van der Waals surface area contributed by atoms with Gasteiger partial charge in [0.2, 0.25) is 0 Å². The van der Waals surface area contributed by atoms with Crippen molar-refractivity contribution < 1.29 is 28.5 Å². The van der Waals surface area contributed by atoms with E-state index in [1.54, 1.807) is 44.2 Å². The molecule has 3 atom stereocenters. The Bertz CT molecular complexity index is 929. The molecule has 1 aliphatic rings. The number of carbonyl (C=O) groups is 1. The maximum atomic E-state index is 11.5. The molecule has 0 fully saturated rings. The van der Waals surface area contributed by atoms with Crippen molar-refractivity contribution in [2.45, 2.75) is 38.1 Å². The van der Waals surface area contributed by atoms with Crippen molar-refractivity contribution in [2.24, 2.45) is 0 Å². The average molecular weight is 374 g/mol. The van der Waals surface area contributed by atoms with Crippen LogP contribution in [0.1, 0.15) is 20.3 Å². The molecular formula is C20H22O7. The smallest absolute Gasteiger partial charge is 0.336 e. The number of hydrogen-bond donors (Lipinski definition) is 1. The first kappa shape index (κ1) is 19.1. The van der Waals surface area contributed by atoms with E-state index in [2.05, 4.69) is 0 Å². The van der Waals surface area contributed by atoms with E-state index in [0.29, 0.717) is 23.3 Å². The highest BCUT2D eigenvalue weighted by Crippen LogP contribution is 2.28. The number of methoxy groups -OCH3 is 1. The number of aliphatic hydroxyl groups excluding tert-OH is 1. The fourth-order valence-corrected chi connectivity index (χ4v) is 2.95. The summed E-state index contributed by atoms with van der Waals surface area (Å²) in [7, 11) is 1.49. The normalized spacial score (nSPS) is 20.1. The van der Waals surface area contributed by atoms with Crippen LogP contribution in [0.15, 0.2) is 51.2 Å². The zero-order valence-corrected chi connectivity index (χ0v) is 15.4. The third-order valence-electron chi connectivity index (χ3n) is 4.80. The molecule has 1 N–H and O–H groups in total. The monoisotopic (exact) mass is 374 g/mol. The second kappa shape index (κ2) is 7.54. The molecule has 0 aliphatic carbocycles. The van der Waals surface area contributed by atoms with Crippen LogP contribution in [-0.4, -0.2) is 42.6 Å². The number of ether oxygens (including phenoxy) is 3. The molecule has 0 saturated heterocycles. The molecule has 144 valence electrons. The highest BCUT2D eigenvalue weighted by Gasteiger charge is 2.38. The Balaban J connectivity index is 1.67. The third-order valence-corrected chi connectivity index (χ3v) is 4.80. The van der Waals surface area contributed by atoms with Crippen LogP contribution in [-0.2, 0) is 14.3 Å². The number of cyclic esters (lactones) is 1. The van der Waals surface area contributed by atoms with Gasteiger partial charge in [0.1, 0.15) is 30.1 Å². The van der Waals surface area contributed by atoms with Gasteiger partial charge >= 0.3 is 11.6 Å². The molecule has 2 aromatic rings. The highest BCUT2D eigenvalue weighted by atomic mass is 16.6. The Hall–Kier alpha value is -2.64. The number of fused-ring (bicyclic) bond motifs is 1. The molecule has 2 heterocycles. The van der Waals surface area contributed by atoms with E-state index >= 15 is 0 Å². The summed E-state index contributed by atoms with van der Waals surface area (Å²) >= 11 is 0. The van der Waals surface area contributed by atoms with Crippen molar-refractivity contribution in [3.63, 3.8) is 0 Å². The molecule has 1 aromatic heterocycles. The van der Waals surface area contributed by atoms with Crippen LogP contribution in [0.25, 0.3) is 11.0 Å². The number of esters is 1. The van der Waals surface area contributed by atoms with Crippen LogP contribution < -0.4 is 10.4 Å². The molecule has 0 spiro atoms. The van der Waals surface area contributed by atoms with Crippen molar-refractivity contribution in [3.8, 4) is 5.75 Å². The molecule has 3 unspecified atom stereocenters. The minimum absolute atomic E-state index is 0.0454. The van der Waals surface area contributed by atoms with E-state index in [-0.39, 0.29) is 12.6 Å². The van der Waals surface area contributed by atoms with Crippen LogP contribution in [0.3, 0.4) is 0 Å². The number of aliphatic hydroxyl groups is 1. The first-order valence-corrected chi connectivity index (χ1v) is 8.60. The molecule has 1 aromatic carbocycles. The topological polar surface area (TPSA) is 95.2 Å². The number of rotatable bonds is 7. The van der Waals surface area contributed by atoms with Crippen LogP contribution in [0, 0.1) is 0 Å². The van der Waals surface area contributed by atoms with Gasteiger partial charge in [0.25, 0.3) is 0 Å². The quantitative estimate of drug-likeness (QED) is 0.586. The van der Waals surface area contributed by atoms with Gasteiger partial charge in [-0.25, -0.2) is 9.59 Å². The van der Waals surface area contributed by atoms with E-state index in [9.17, 15) is 14.7 Å². The summed E-state index contributed by atoms with van der Waals surface area (Å²) in [6.45, 7) is 3.37. The second-order valence-electron chi connectivity index (χ2n) is 6.80. The van der Waals surface area contributed by atoms with Crippen LogP contribution in [0.5, 0.6) is 5.75 Å². The summed E-state index contributed by atoms with van der Waals surface area (Å²) in [6.07, 6.45) is 0.587. The predicted octanol–water partition coefficient (Wildman–Crippen LogP) is 2.20. The fourth-order valence-electron chi connectivity index (χ4n) is 2.95. The van der Waals surface area contributed by atoms with Gasteiger partial charge in [0.15, 0.2) is 0 Å². The summed E-state index contributed by atoms with van der Waals surface area (Å²) in [5.41, 5.74) is -0.472. The average Bonchev–Trinajstić information content (AvgIpc) is 2.95. The molecule has 0 radical (unpaired) electrons. The lowest BCUT2D eigenvalue weighted by Gasteiger charge is -2.34. The van der Waals surface area contributed by atoms with E-state index in [1.165, 1.54) is 13.2 Å². The highest BCUT2D eigenvalue weighted by molar-refractivity contribution is 5.90. The van der Waals surface area contributed by atoms with E-state index in [1.807, 2.05) is 0 Å². The van der Waals surface area contributed by atoms with Crippen LogP contribution in [0.4, 0.5) is 0 Å². The largest absolute Gasteiger partial charge is 0.491 e. The van der Waals surface area contributed by atoms with Gasteiger partial charge in [-0.3, -0.25) is 0 Å². The molecule has 0 amide bonds. The molecule has 27 heavy (non-hydrogen) atoms. The van der Waals surface area contributed by atoms with Crippen LogP contribution >= 0.6 is 0 Å². The SMILES string of the molecule is COC(C)(CC1C=C(C)C(=O)O1)C(O)COc1ccc2ccc(=O)oc2c1. The number of hydrogen-bond acceptors (Lipinski definition) is 7. The van der Waals surface area contributed by atoms with Crippen molar-refractivity contribution in [1.29, 1.82) is 0 Å². The first-order chi connectivity index (χ1) is 12.8. The lowest BCUT2D eigenvalue weighted by molar-refractivity contribution is -0.148. The van der Waals surface area contributed by atoms with Gasteiger partial charge < -0.3 is 23.7 Å². The van der Waals surface area contributed by atoms with Crippen molar-refractivity contribution >= 4 is 16.9 Å². The molecule has 0 saturated carbocycles. The van der Waals surface area contributed by atoms with Gasteiger partial charge in [-0.15, -0.1) is 0 Å². The minimum Gasteiger partial charge on any atom is -0.491 e. The van der Waals surface area contributed by atoms with E-state index < -0.39 is 23.4 Å². The molecule has 1 aliphatic heterocycles. The van der Waals surface area contributed by atoms with Crippen molar-refractivity contribution in [3.05, 3.63) is 52.4 Å². The first-order valence-electron chi connectivity index (χ1n) is 8.60. The lowest BCUT2D eigenvalue weighted by Crippen LogP contribution is -2.47. The minimum atomic E-state index is -0.978. The lowest BCUT2D eigenvalue weighted by atomic mass is 9.92. The summed E-state index contributed by atoms with van der Waals surface area (Å²) in [5, 5.41) is 11.4. The van der Waals surface area contributed by atoms with Gasteiger partial charge in [0, 0.05) is 36.6 Å². The zero-order valence-electron chi connectivity index (χ0n) is 15.4. The van der Waals surface area contributed by atoms with Gasteiger partial charge in [0.05, 0.1) is 5.60 Å². The molecule has 0 bridgehead atoms. The van der Waals surface area contributed by atoms with Crippen molar-refractivity contribution in [2.75, 3.05) is 13.7 Å². The molecule has 3 rings (SSSR count). The zero-order chi connectivity index (χ0) is 19.6. The Morgan fingerprint density at radius 1 is 1.26 bits per heavy atom. The second-order valence-corrected chi connectivity index (χ2v) is 6.80. The van der Waals surface area contributed by atoms with Gasteiger partial charge in [-0.1, -0.05) is 0 Å². The molecule has 7 heteroatoms. The Labute approximate surface area is 156 Å². The number of benzene rings is 1. The van der Waals surface area contributed by atoms with Crippen molar-refractivity contribution in [1.82, 2.24) is 0 Å². The summed E-state index contributed by atoms with van der Waals surface area (Å²) in [5.74, 6) is 0.0965. The maximum absolute atomic E-state index is 11.5. The number of carbonyl (C=O) groups excluding carboxylic acids is 1. The van der Waals surface area contributed by atoms with Gasteiger partial charge in [-0.05, 0) is 38.1 Å².